The number of sulfonamides is 1. The average Bonchev–Trinajstić information content (AvgIpc) is 2.83. The van der Waals surface area contributed by atoms with Gasteiger partial charge in [-0.15, -0.1) is 11.8 Å². The number of aromatic nitrogens is 1. The Labute approximate surface area is 216 Å². The van der Waals surface area contributed by atoms with Crippen molar-refractivity contribution in [1.29, 1.82) is 0 Å². The van der Waals surface area contributed by atoms with Crippen LogP contribution in [0.15, 0.2) is 77.8 Å². The van der Waals surface area contributed by atoms with Gasteiger partial charge in [0.1, 0.15) is 17.5 Å². The highest BCUT2D eigenvalue weighted by Crippen LogP contribution is 2.32. The molecule has 1 amide bonds. The third-order valence-corrected chi connectivity index (χ3v) is 8.42. The third-order valence-electron chi connectivity index (χ3n) is 4.84. The summed E-state index contributed by atoms with van der Waals surface area (Å²) < 4.78 is 34.4. The summed E-state index contributed by atoms with van der Waals surface area (Å²) >= 11 is 3.53. The first kappa shape index (κ1) is 26.4. The molecule has 0 radical (unpaired) electrons. The predicted octanol–water partition coefficient (Wildman–Crippen LogP) is 4.34. The third kappa shape index (κ3) is 7.15. The number of hydrogen-bond donors (Lipinski definition) is 3. The lowest BCUT2D eigenvalue weighted by Crippen LogP contribution is -2.55. The normalized spacial score (nSPS) is 12.7. The van der Waals surface area contributed by atoms with E-state index in [1.54, 1.807) is 31.6 Å². The van der Waals surface area contributed by atoms with Crippen molar-refractivity contribution in [2.45, 2.75) is 35.3 Å². The molecule has 0 saturated heterocycles. The van der Waals surface area contributed by atoms with E-state index in [1.165, 1.54) is 36.0 Å². The minimum atomic E-state index is -4.08. The molecule has 8 nitrogen and oxygen atoms in total. The van der Waals surface area contributed by atoms with Crippen LogP contribution in [0.3, 0.4) is 0 Å². The number of pyridine rings is 1. The number of halogens is 1. The molecular formula is C23H24IN3O5S2. The van der Waals surface area contributed by atoms with Crippen molar-refractivity contribution >= 4 is 50.3 Å². The Bertz CT molecular complexity index is 1210. The molecule has 3 aromatic rings. The number of hydrogen-bond acceptors (Lipinski definition) is 7. The fourth-order valence-electron chi connectivity index (χ4n) is 2.95. The number of hydroxylamine groups is 1. The second-order valence-electron chi connectivity index (χ2n) is 7.77. The summed E-state index contributed by atoms with van der Waals surface area (Å²) in [5.74, 6) is 0.687. The van der Waals surface area contributed by atoms with Gasteiger partial charge >= 0.3 is 0 Å². The minimum absolute atomic E-state index is 0.0382. The maximum Gasteiger partial charge on any atom is 0.262 e. The van der Waals surface area contributed by atoms with Crippen LogP contribution in [0.4, 0.5) is 0 Å². The molecule has 0 aliphatic rings. The van der Waals surface area contributed by atoms with Crippen molar-refractivity contribution in [3.63, 3.8) is 0 Å². The molecule has 2 aromatic carbocycles. The number of carbonyl (C=O) groups is 1. The molecule has 0 unspecified atom stereocenters. The molecule has 0 bridgehead atoms. The van der Waals surface area contributed by atoms with Crippen LogP contribution in [0, 0.1) is 3.57 Å². The number of rotatable bonds is 10. The molecular weight excluding hydrogens is 589 g/mol. The Morgan fingerprint density at radius 1 is 1.09 bits per heavy atom. The molecule has 34 heavy (non-hydrogen) atoms. The number of nitrogens with one attached hydrogen (secondary N) is 2. The lowest BCUT2D eigenvalue weighted by molar-refractivity contribution is -0.131. The number of thioether (sulfide) groups is 1. The van der Waals surface area contributed by atoms with E-state index in [1.807, 2.05) is 36.4 Å². The van der Waals surface area contributed by atoms with Gasteiger partial charge in [-0.25, -0.2) is 13.9 Å². The van der Waals surface area contributed by atoms with Gasteiger partial charge in [-0.1, -0.05) is 6.07 Å². The molecule has 0 fully saturated rings. The Hall–Kier alpha value is -2.19. The van der Waals surface area contributed by atoms with E-state index in [4.69, 9.17) is 4.74 Å². The highest BCUT2D eigenvalue weighted by molar-refractivity contribution is 14.1. The van der Waals surface area contributed by atoms with Gasteiger partial charge in [0.25, 0.3) is 5.91 Å². The van der Waals surface area contributed by atoms with Crippen molar-refractivity contribution in [2.75, 3.05) is 0 Å². The summed E-state index contributed by atoms with van der Waals surface area (Å²) in [6.07, 6.45) is 1.66. The van der Waals surface area contributed by atoms with Gasteiger partial charge in [0.2, 0.25) is 10.0 Å². The summed E-state index contributed by atoms with van der Waals surface area (Å²) in [5, 5.41) is 9.24. The quantitative estimate of drug-likeness (QED) is 0.177. The minimum Gasteiger partial charge on any atom is -0.457 e. The number of nitrogens with zero attached hydrogens (tertiary/aromatic N) is 1. The second-order valence-corrected chi connectivity index (χ2v) is 12.4. The van der Waals surface area contributed by atoms with Crippen LogP contribution in [0.2, 0.25) is 0 Å². The average molecular weight is 613 g/mol. The lowest BCUT2D eigenvalue weighted by Gasteiger charge is -2.32. The van der Waals surface area contributed by atoms with Crippen LogP contribution < -0.4 is 14.9 Å². The van der Waals surface area contributed by atoms with Gasteiger partial charge in [-0.05, 0) is 97.1 Å². The summed E-state index contributed by atoms with van der Waals surface area (Å²) in [6, 6.07) is 17.5. The summed E-state index contributed by atoms with van der Waals surface area (Å²) in [4.78, 5) is 16.6. The monoisotopic (exact) mass is 613 g/mol. The largest absolute Gasteiger partial charge is 0.457 e. The van der Waals surface area contributed by atoms with Crippen LogP contribution in [-0.4, -0.2) is 35.3 Å². The topological polar surface area (TPSA) is 118 Å². The van der Waals surface area contributed by atoms with Crippen LogP contribution in [-0.2, 0) is 20.6 Å². The van der Waals surface area contributed by atoms with Crippen molar-refractivity contribution < 1.29 is 23.2 Å². The molecule has 180 valence electrons. The molecule has 3 rings (SSSR count). The summed E-state index contributed by atoms with van der Waals surface area (Å²) in [5.41, 5.74) is 2.36. The Balaban J connectivity index is 1.74. The Morgan fingerprint density at radius 3 is 2.26 bits per heavy atom. The molecule has 0 saturated carbocycles. The molecule has 0 aliphatic heterocycles. The van der Waals surface area contributed by atoms with Crippen LogP contribution in [0.25, 0.3) is 0 Å². The van der Waals surface area contributed by atoms with Crippen LogP contribution >= 0.6 is 34.4 Å². The van der Waals surface area contributed by atoms with Gasteiger partial charge in [0.05, 0.1) is 10.6 Å². The first-order valence-electron chi connectivity index (χ1n) is 10.1. The first-order valence-corrected chi connectivity index (χ1v) is 13.7. The molecule has 1 aromatic heterocycles. The first-order chi connectivity index (χ1) is 16.1. The van der Waals surface area contributed by atoms with E-state index in [-0.39, 0.29) is 4.90 Å². The van der Waals surface area contributed by atoms with E-state index in [0.717, 1.165) is 9.26 Å². The molecule has 1 atom stereocenters. The molecule has 0 spiro atoms. The number of amides is 1. The number of carbonyl (C=O) groups excluding carboxylic acids is 1. The van der Waals surface area contributed by atoms with Crippen molar-refractivity contribution in [1.82, 2.24) is 15.2 Å². The van der Waals surface area contributed by atoms with Crippen molar-refractivity contribution in [3.05, 3.63) is 82.2 Å². The van der Waals surface area contributed by atoms with Gasteiger partial charge in [0, 0.05) is 20.3 Å². The van der Waals surface area contributed by atoms with Gasteiger partial charge < -0.3 is 4.74 Å². The Kier molecular flexibility index (Phi) is 8.93. The fraction of sp³-hybridized carbons (Fsp3) is 0.217. The molecule has 11 heteroatoms. The fourth-order valence-corrected chi connectivity index (χ4v) is 5.75. The van der Waals surface area contributed by atoms with Crippen LogP contribution in [0.5, 0.6) is 11.5 Å². The number of ether oxygens (including phenoxy) is 1. The zero-order valence-corrected chi connectivity index (χ0v) is 22.2. The van der Waals surface area contributed by atoms with E-state index in [2.05, 4.69) is 32.3 Å². The maximum absolute atomic E-state index is 13.1. The SMILES string of the molecule is CC(C)(SCc1ccccn1)[C@H](NS(=O)(=O)c1ccc(Oc2ccc(I)cc2)cc1)C(=O)NO. The predicted molar refractivity (Wildman–Crippen MR) is 139 cm³/mol. The second kappa shape index (κ2) is 11.5. The van der Waals surface area contributed by atoms with Crippen LogP contribution in [0.1, 0.15) is 19.5 Å². The van der Waals surface area contributed by atoms with Gasteiger partial charge in [-0.2, -0.15) is 4.72 Å². The lowest BCUT2D eigenvalue weighted by atomic mass is 10.0. The summed E-state index contributed by atoms with van der Waals surface area (Å²) in [7, 11) is -4.08. The van der Waals surface area contributed by atoms with Crippen molar-refractivity contribution in [2.24, 2.45) is 0 Å². The van der Waals surface area contributed by atoms with Gasteiger partial charge in [-0.3, -0.25) is 15.0 Å². The molecule has 3 N–H and O–H groups in total. The van der Waals surface area contributed by atoms with E-state index in [9.17, 15) is 18.4 Å². The van der Waals surface area contributed by atoms with E-state index < -0.39 is 26.7 Å². The molecule has 0 aliphatic carbocycles. The highest BCUT2D eigenvalue weighted by atomic mass is 127. The zero-order chi connectivity index (χ0) is 24.8. The Morgan fingerprint density at radius 2 is 1.71 bits per heavy atom. The standard InChI is InChI=1S/C23H24IN3O5S2/c1-23(2,33-15-17-5-3-4-14-25-17)21(22(28)26-29)27-34(30,31)20-12-10-19(11-13-20)32-18-8-6-16(24)7-9-18/h3-14,21,27,29H,15H2,1-2H3,(H,26,28)/t21-/m1/s1. The van der Waals surface area contributed by atoms with E-state index in [0.29, 0.717) is 17.3 Å². The smallest absolute Gasteiger partial charge is 0.262 e. The highest BCUT2D eigenvalue weighted by Gasteiger charge is 2.39. The van der Waals surface area contributed by atoms with Gasteiger partial charge in [0.15, 0.2) is 0 Å². The zero-order valence-electron chi connectivity index (χ0n) is 18.4. The number of benzene rings is 2. The molecule has 1 heterocycles. The maximum atomic E-state index is 13.1. The van der Waals surface area contributed by atoms with Crippen molar-refractivity contribution in [3.8, 4) is 11.5 Å². The summed E-state index contributed by atoms with van der Waals surface area (Å²) in [6.45, 7) is 3.45. The van der Waals surface area contributed by atoms with E-state index >= 15 is 0 Å².